The highest BCUT2D eigenvalue weighted by Crippen LogP contribution is 2.30. The summed E-state index contributed by atoms with van der Waals surface area (Å²) in [5, 5.41) is 1.04. The van der Waals surface area contributed by atoms with Crippen molar-refractivity contribution in [2.24, 2.45) is 0 Å². The average Bonchev–Trinajstić information content (AvgIpc) is 2.53. The number of methoxy groups -OCH3 is 1. The van der Waals surface area contributed by atoms with Gasteiger partial charge in [0, 0.05) is 36.8 Å². The number of fused-ring (bicyclic) bond motifs is 1. The summed E-state index contributed by atoms with van der Waals surface area (Å²) < 4.78 is 5.50. The first-order valence-electron chi connectivity index (χ1n) is 6.90. The molecule has 3 rings (SSSR count). The Morgan fingerprint density at radius 2 is 1.67 bits per heavy atom. The Morgan fingerprint density at radius 3 is 2.33 bits per heavy atom. The van der Waals surface area contributed by atoms with Crippen molar-refractivity contribution in [3.8, 4) is 17.0 Å². The molecular weight excluding hydrogens is 260 g/mol. The van der Waals surface area contributed by atoms with E-state index in [1.165, 1.54) is 5.69 Å². The van der Waals surface area contributed by atoms with Crippen molar-refractivity contribution < 1.29 is 4.74 Å². The molecule has 21 heavy (non-hydrogen) atoms. The van der Waals surface area contributed by atoms with Gasteiger partial charge in [-0.05, 0) is 24.3 Å². The molecule has 3 aromatic rings. The van der Waals surface area contributed by atoms with Crippen molar-refractivity contribution in [1.29, 1.82) is 0 Å². The predicted molar refractivity (Wildman–Crippen MR) is 88.1 cm³/mol. The highest BCUT2D eigenvalue weighted by molar-refractivity contribution is 5.88. The lowest BCUT2D eigenvalue weighted by atomic mass is 10.1. The molecule has 1 aromatic heterocycles. The lowest BCUT2D eigenvalue weighted by Gasteiger charge is -2.13. The fourth-order valence-corrected chi connectivity index (χ4v) is 2.39. The van der Waals surface area contributed by atoms with Gasteiger partial charge in [0.1, 0.15) is 5.75 Å². The third kappa shape index (κ3) is 2.55. The van der Waals surface area contributed by atoms with Crippen LogP contribution in [0.3, 0.4) is 0 Å². The van der Waals surface area contributed by atoms with Crippen molar-refractivity contribution in [1.82, 2.24) is 4.98 Å². The lowest BCUT2D eigenvalue weighted by Crippen LogP contribution is -2.07. The highest BCUT2D eigenvalue weighted by Gasteiger charge is 2.07. The van der Waals surface area contributed by atoms with Crippen LogP contribution in [0.4, 0.5) is 5.69 Å². The largest absolute Gasteiger partial charge is 0.496 e. The van der Waals surface area contributed by atoms with E-state index >= 15 is 0 Å². The van der Waals surface area contributed by atoms with Gasteiger partial charge in [0.2, 0.25) is 0 Å². The van der Waals surface area contributed by atoms with E-state index in [1.54, 1.807) is 7.11 Å². The number of benzene rings is 2. The van der Waals surface area contributed by atoms with E-state index in [4.69, 9.17) is 9.72 Å². The van der Waals surface area contributed by atoms with Crippen LogP contribution in [-0.4, -0.2) is 26.2 Å². The van der Waals surface area contributed by atoms with Gasteiger partial charge < -0.3 is 9.64 Å². The minimum Gasteiger partial charge on any atom is -0.496 e. The van der Waals surface area contributed by atoms with Crippen LogP contribution in [0.2, 0.25) is 0 Å². The summed E-state index contributed by atoms with van der Waals surface area (Å²) in [5.74, 6) is 0.854. The van der Waals surface area contributed by atoms with Crippen LogP contribution >= 0.6 is 0 Å². The number of hydrogen-bond donors (Lipinski definition) is 0. The molecular formula is C18H18N2O. The quantitative estimate of drug-likeness (QED) is 0.724. The smallest absolute Gasteiger partial charge is 0.130 e. The molecule has 3 nitrogen and oxygen atoms in total. The molecule has 0 atom stereocenters. The average molecular weight is 278 g/mol. The van der Waals surface area contributed by atoms with Crippen LogP contribution in [0.25, 0.3) is 22.2 Å². The Hall–Kier alpha value is -2.55. The van der Waals surface area contributed by atoms with Crippen molar-refractivity contribution in [3.05, 3.63) is 54.6 Å². The Kier molecular flexibility index (Phi) is 3.48. The normalized spacial score (nSPS) is 10.6. The number of nitrogens with zero attached hydrogens (tertiary/aromatic N) is 2. The minimum absolute atomic E-state index is 0.854. The predicted octanol–water partition coefficient (Wildman–Crippen LogP) is 3.98. The van der Waals surface area contributed by atoms with Gasteiger partial charge in [-0.1, -0.05) is 24.3 Å². The van der Waals surface area contributed by atoms with Gasteiger partial charge in [-0.3, -0.25) is 0 Å². The van der Waals surface area contributed by atoms with Gasteiger partial charge >= 0.3 is 0 Å². The van der Waals surface area contributed by atoms with Crippen LogP contribution < -0.4 is 9.64 Å². The summed E-state index contributed by atoms with van der Waals surface area (Å²) in [6.07, 6.45) is 0. The van der Waals surface area contributed by atoms with Crippen LogP contribution in [-0.2, 0) is 0 Å². The van der Waals surface area contributed by atoms with Gasteiger partial charge in [-0.2, -0.15) is 0 Å². The van der Waals surface area contributed by atoms with Crippen molar-refractivity contribution >= 4 is 16.6 Å². The zero-order chi connectivity index (χ0) is 14.8. The molecule has 0 saturated carbocycles. The number of ether oxygens (including phenoxy) is 1. The van der Waals surface area contributed by atoms with E-state index in [1.807, 2.05) is 44.4 Å². The van der Waals surface area contributed by atoms with Gasteiger partial charge in [0.15, 0.2) is 0 Å². The molecule has 2 aromatic carbocycles. The van der Waals surface area contributed by atoms with Gasteiger partial charge in [-0.15, -0.1) is 0 Å². The molecule has 0 aliphatic carbocycles. The summed E-state index contributed by atoms with van der Waals surface area (Å²) in [7, 11) is 5.76. The third-order valence-electron chi connectivity index (χ3n) is 3.58. The van der Waals surface area contributed by atoms with Gasteiger partial charge in [0.25, 0.3) is 0 Å². The zero-order valence-electron chi connectivity index (χ0n) is 12.5. The number of aromatic nitrogens is 1. The summed E-state index contributed by atoms with van der Waals surface area (Å²) in [4.78, 5) is 6.82. The second-order valence-electron chi connectivity index (χ2n) is 5.17. The number of anilines is 1. The maximum atomic E-state index is 5.50. The number of hydrogen-bond acceptors (Lipinski definition) is 3. The van der Waals surface area contributed by atoms with Crippen LogP contribution in [0, 0.1) is 0 Å². The maximum Gasteiger partial charge on any atom is 0.130 e. The summed E-state index contributed by atoms with van der Waals surface area (Å²) in [6.45, 7) is 0. The molecule has 0 aliphatic rings. The molecule has 1 heterocycles. The lowest BCUT2D eigenvalue weighted by molar-refractivity contribution is 0.419. The molecule has 0 fully saturated rings. The standard InChI is InChI=1S/C18H18N2O/c1-20(2)14-10-8-13(9-11-14)17-12-18(21-3)15-6-4-5-7-16(15)19-17/h4-12H,1-3H3. The molecule has 0 aliphatic heterocycles. The molecule has 106 valence electrons. The van der Waals surface area contributed by atoms with Crippen LogP contribution in [0.1, 0.15) is 0 Å². The van der Waals surface area contributed by atoms with E-state index < -0.39 is 0 Å². The Balaban J connectivity index is 2.11. The van der Waals surface area contributed by atoms with Crippen molar-refractivity contribution in [2.75, 3.05) is 26.1 Å². The molecule has 3 heteroatoms. The summed E-state index contributed by atoms with van der Waals surface area (Å²) in [5.41, 5.74) is 4.13. The molecule has 0 radical (unpaired) electrons. The summed E-state index contributed by atoms with van der Waals surface area (Å²) >= 11 is 0. The molecule has 0 spiro atoms. The van der Waals surface area contributed by atoms with Crippen LogP contribution in [0.15, 0.2) is 54.6 Å². The number of para-hydroxylation sites is 1. The maximum absolute atomic E-state index is 5.50. The highest BCUT2D eigenvalue weighted by atomic mass is 16.5. The fourth-order valence-electron chi connectivity index (χ4n) is 2.39. The van der Waals surface area contributed by atoms with E-state index in [9.17, 15) is 0 Å². The van der Waals surface area contributed by atoms with E-state index in [2.05, 4.69) is 29.2 Å². The number of pyridine rings is 1. The monoisotopic (exact) mass is 278 g/mol. The number of rotatable bonds is 3. The first kappa shape index (κ1) is 13.4. The van der Waals surface area contributed by atoms with Gasteiger partial charge in [0.05, 0.1) is 18.3 Å². The third-order valence-corrected chi connectivity index (χ3v) is 3.58. The fraction of sp³-hybridized carbons (Fsp3) is 0.167. The Bertz CT molecular complexity index is 764. The zero-order valence-corrected chi connectivity index (χ0v) is 12.5. The Morgan fingerprint density at radius 1 is 0.952 bits per heavy atom. The minimum atomic E-state index is 0.854. The second-order valence-corrected chi connectivity index (χ2v) is 5.17. The molecule has 0 N–H and O–H groups in total. The molecule has 0 saturated heterocycles. The Labute approximate surface area is 124 Å². The molecule has 0 bridgehead atoms. The van der Waals surface area contributed by atoms with E-state index in [-0.39, 0.29) is 0 Å². The van der Waals surface area contributed by atoms with Crippen LogP contribution in [0.5, 0.6) is 5.75 Å². The van der Waals surface area contributed by atoms with Gasteiger partial charge in [-0.25, -0.2) is 4.98 Å². The summed E-state index contributed by atoms with van der Waals surface area (Å²) in [6, 6.07) is 18.4. The second kappa shape index (κ2) is 5.44. The van der Waals surface area contributed by atoms with Crippen molar-refractivity contribution in [3.63, 3.8) is 0 Å². The molecule has 0 amide bonds. The topological polar surface area (TPSA) is 25.4 Å². The molecule has 0 unspecified atom stereocenters. The SMILES string of the molecule is COc1cc(-c2ccc(N(C)C)cc2)nc2ccccc12. The van der Waals surface area contributed by atoms with E-state index in [0.717, 1.165) is 27.9 Å². The first-order valence-corrected chi connectivity index (χ1v) is 6.90. The van der Waals surface area contributed by atoms with E-state index in [0.29, 0.717) is 0 Å². The van der Waals surface area contributed by atoms with Crippen molar-refractivity contribution in [2.45, 2.75) is 0 Å². The first-order chi connectivity index (χ1) is 10.2.